The van der Waals surface area contributed by atoms with Crippen LogP contribution in [0.5, 0.6) is 0 Å². The van der Waals surface area contributed by atoms with Gasteiger partial charge in [-0.05, 0) is 37.6 Å². The Bertz CT molecular complexity index is 682. The van der Waals surface area contributed by atoms with Crippen molar-refractivity contribution in [2.45, 2.75) is 19.5 Å². The van der Waals surface area contributed by atoms with Gasteiger partial charge in [-0.1, -0.05) is 0 Å². The van der Waals surface area contributed by atoms with Crippen molar-refractivity contribution < 1.29 is 27.8 Å². The van der Waals surface area contributed by atoms with Crippen LogP contribution in [0.2, 0.25) is 0 Å². The SMILES string of the molecule is CCOCCCSC(=C(C#N)C(=O)[O-])N(C)c1ccc(C(F)(F)F)cc1. The first-order chi connectivity index (χ1) is 12.2. The smallest absolute Gasteiger partial charge is 0.416 e. The van der Waals surface area contributed by atoms with Gasteiger partial charge in [0.2, 0.25) is 0 Å². The van der Waals surface area contributed by atoms with Crippen molar-refractivity contribution in [1.29, 1.82) is 5.26 Å². The van der Waals surface area contributed by atoms with Gasteiger partial charge in [-0.2, -0.15) is 18.4 Å². The van der Waals surface area contributed by atoms with Crippen molar-refractivity contribution in [2.75, 3.05) is 30.9 Å². The zero-order valence-electron chi connectivity index (χ0n) is 14.3. The third-order valence-corrected chi connectivity index (χ3v) is 4.54. The minimum Gasteiger partial charge on any atom is -0.544 e. The normalized spacial score (nSPS) is 12.3. The molecule has 0 aliphatic rings. The maximum absolute atomic E-state index is 12.7. The van der Waals surface area contributed by atoms with Gasteiger partial charge in [0.1, 0.15) is 11.6 Å². The lowest BCUT2D eigenvalue weighted by Crippen LogP contribution is -2.28. The van der Waals surface area contributed by atoms with Crippen LogP contribution in [0.4, 0.5) is 18.9 Å². The highest BCUT2D eigenvalue weighted by Gasteiger charge is 2.30. The van der Waals surface area contributed by atoms with Crippen molar-refractivity contribution in [3.05, 3.63) is 40.4 Å². The molecule has 0 saturated heterocycles. The molecule has 26 heavy (non-hydrogen) atoms. The molecule has 0 aliphatic heterocycles. The lowest BCUT2D eigenvalue weighted by atomic mass is 10.2. The van der Waals surface area contributed by atoms with E-state index >= 15 is 0 Å². The molecule has 0 amide bonds. The molecule has 0 spiro atoms. The van der Waals surface area contributed by atoms with Gasteiger partial charge in [0.25, 0.3) is 0 Å². The van der Waals surface area contributed by atoms with E-state index in [1.165, 1.54) is 24.1 Å². The minimum atomic E-state index is -4.47. The molecule has 1 aromatic rings. The quantitative estimate of drug-likeness (QED) is 0.368. The Morgan fingerprint density at radius 3 is 2.42 bits per heavy atom. The summed E-state index contributed by atoms with van der Waals surface area (Å²) in [6.45, 7) is 2.88. The molecule has 0 aromatic heterocycles. The number of nitriles is 1. The molecular weight excluding hydrogens is 369 g/mol. The minimum absolute atomic E-state index is 0.101. The van der Waals surface area contributed by atoms with Crippen LogP contribution < -0.4 is 10.0 Å². The molecule has 0 saturated carbocycles. The number of halogens is 3. The Hall–Kier alpha value is -2.18. The summed E-state index contributed by atoms with van der Waals surface area (Å²) in [5.41, 5.74) is -1.07. The molecule has 0 heterocycles. The molecular formula is C17H18F3N2O3S-. The number of alkyl halides is 3. The summed E-state index contributed by atoms with van der Waals surface area (Å²) in [6, 6.07) is 5.81. The second-order valence-corrected chi connectivity index (χ2v) is 6.17. The first kappa shape index (κ1) is 21.9. The second-order valence-electron chi connectivity index (χ2n) is 5.08. The fraction of sp³-hybridized carbons (Fsp3) is 0.412. The first-order valence-corrected chi connectivity index (χ1v) is 8.68. The standard InChI is InChI=1S/C17H19F3N2O3S/c1-3-25-9-4-10-26-15(14(11-21)16(23)24)22(2)13-7-5-12(6-8-13)17(18,19)20/h5-8H,3-4,9-10H2,1-2H3,(H,23,24)/p-1. The molecule has 0 fully saturated rings. The maximum atomic E-state index is 12.7. The summed E-state index contributed by atoms with van der Waals surface area (Å²) < 4.78 is 43.2. The molecule has 9 heteroatoms. The Labute approximate surface area is 154 Å². The number of ether oxygens (including phenoxy) is 1. The average molecular weight is 387 g/mol. The van der Waals surface area contributed by atoms with E-state index in [4.69, 9.17) is 10.00 Å². The molecule has 0 bridgehead atoms. The number of carbonyl (C=O) groups excluding carboxylic acids is 1. The molecule has 0 aliphatic carbocycles. The van der Waals surface area contributed by atoms with Crippen LogP contribution in [0.3, 0.4) is 0 Å². The number of nitrogens with zero attached hydrogens (tertiary/aromatic N) is 2. The molecule has 1 aromatic carbocycles. The van der Waals surface area contributed by atoms with Crippen LogP contribution in [0, 0.1) is 11.3 Å². The van der Waals surface area contributed by atoms with E-state index in [1.807, 2.05) is 6.92 Å². The Morgan fingerprint density at radius 2 is 1.96 bits per heavy atom. The van der Waals surface area contributed by atoms with Crippen LogP contribution in [-0.4, -0.2) is 32.0 Å². The molecule has 0 unspecified atom stereocenters. The van der Waals surface area contributed by atoms with Crippen LogP contribution >= 0.6 is 11.8 Å². The van der Waals surface area contributed by atoms with E-state index in [0.29, 0.717) is 31.1 Å². The average Bonchev–Trinajstić information content (AvgIpc) is 2.59. The number of hydrogen-bond acceptors (Lipinski definition) is 6. The van der Waals surface area contributed by atoms with Gasteiger partial charge < -0.3 is 19.5 Å². The van der Waals surface area contributed by atoms with Gasteiger partial charge in [-0.25, -0.2) is 0 Å². The fourth-order valence-corrected chi connectivity index (χ4v) is 3.01. The molecule has 0 N–H and O–H groups in total. The predicted molar refractivity (Wildman–Crippen MR) is 91.1 cm³/mol. The third kappa shape index (κ3) is 6.28. The summed E-state index contributed by atoms with van der Waals surface area (Å²) in [5, 5.41) is 20.4. The Balaban J connectivity index is 3.06. The van der Waals surface area contributed by atoms with Crippen LogP contribution in [0.15, 0.2) is 34.9 Å². The molecule has 0 atom stereocenters. The third-order valence-electron chi connectivity index (χ3n) is 3.29. The molecule has 5 nitrogen and oxygen atoms in total. The van der Waals surface area contributed by atoms with Crippen molar-refractivity contribution in [1.82, 2.24) is 0 Å². The number of aliphatic carboxylic acids is 1. The van der Waals surface area contributed by atoms with Crippen molar-refractivity contribution in [2.24, 2.45) is 0 Å². The highest BCUT2D eigenvalue weighted by atomic mass is 32.2. The number of carboxylic acid groups (broad SMARTS) is 1. The predicted octanol–water partition coefficient (Wildman–Crippen LogP) is 2.79. The topological polar surface area (TPSA) is 76.4 Å². The lowest BCUT2D eigenvalue weighted by Gasteiger charge is -2.24. The summed E-state index contributed by atoms with van der Waals surface area (Å²) in [7, 11) is 1.48. The van der Waals surface area contributed by atoms with Crippen molar-refractivity contribution in [3.8, 4) is 6.07 Å². The van der Waals surface area contributed by atoms with Gasteiger partial charge in [-0.15, -0.1) is 11.8 Å². The van der Waals surface area contributed by atoms with E-state index in [9.17, 15) is 23.1 Å². The number of hydrogen-bond donors (Lipinski definition) is 0. The van der Waals surface area contributed by atoms with Gasteiger partial charge in [0, 0.05) is 31.7 Å². The van der Waals surface area contributed by atoms with Crippen LogP contribution in [0.25, 0.3) is 0 Å². The number of carboxylic acids is 1. The first-order valence-electron chi connectivity index (χ1n) is 7.69. The largest absolute Gasteiger partial charge is 0.544 e. The van der Waals surface area contributed by atoms with E-state index < -0.39 is 23.3 Å². The van der Waals surface area contributed by atoms with Crippen LogP contribution in [0.1, 0.15) is 18.9 Å². The second kappa shape index (κ2) is 10.1. The molecule has 142 valence electrons. The molecule has 1 rings (SSSR count). The summed E-state index contributed by atoms with van der Waals surface area (Å²) >= 11 is 1.11. The zero-order valence-corrected chi connectivity index (χ0v) is 15.1. The number of rotatable bonds is 9. The number of thioether (sulfide) groups is 1. The maximum Gasteiger partial charge on any atom is 0.416 e. The molecule has 0 radical (unpaired) electrons. The number of benzene rings is 1. The Kier molecular flexibility index (Phi) is 8.48. The van der Waals surface area contributed by atoms with Gasteiger partial charge in [0.15, 0.2) is 0 Å². The summed E-state index contributed by atoms with van der Waals surface area (Å²) in [6.07, 6.45) is -3.85. The Morgan fingerprint density at radius 1 is 1.35 bits per heavy atom. The highest BCUT2D eigenvalue weighted by Crippen LogP contribution is 2.33. The van der Waals surface area contributed by atoms with Crippen molar-refractivity contribution in [3.63, 3.8) is 0 Å². The van der Waals surface area contributed by atoms with Gasteiger partial charge in [-0.3, -0.25) is 0 Å². The van der Waals surface area contributed by atoms with E-state index in [-0.39, 0.29) is 5.03 Å². The fourth-order valence-electron chi connectivity index (χ4n) is 1.98. The number of carbonyl (C=O) groups is 1. The van der Waals surface area contributed by atoms with Gasteiger partial charge >= 0.3 is 6.18 Å². The van der Waals surface area contributed by atoms with E-state index in [2.05, 4.69) is 0 Å². The highest BCUT2D eigenvalue weighted by molar-refractivity contribution is 8.03. The summed E-state index contributed by atoms with van der Waals surface area (Å²) in [5.74, 6) is -1.17. The monoisotopic (exact) mass is 387 g/mol. The number of anilines is 1. The van der Waals surface area contributed by atoms with E-state index in [0.717, 1.165) is 23.9 Å². The zero-order chi connectivity index (χ0) is 19.7. The van der Waals surface area contributed by atoms with Crippen molar-refractivity contribution >= 4 is 23.4 Å². The van der Waals surface area contributed by atoms with Crippen LogP contribution in [-0.2, 0) is 15.7 Å². The van der Waals surface area contributed by atoms with E-state index in [1.54, 1.807) is 6.07 Å². The lowest BCUT2D eigenvalue weighted by molar-refractivity contribution is -0.298. The summed E-state index contributed by atoms with van der Waals surface area (Å²) in [4.78, 5) is 12.6. The van der Waals surface area contributed by atoms with Gasteiger partial charge in [0.05, 0.1) is 16.6 Å².